The fourth-order valence-corrected chi connectivity index (χ4v) is 1.81. The van der Waals surface area contributed by atoms with E-state index in [1.165, 1.54) is 0 Å². The molecule has 0 radical (unpaired) electrons. The van der Waals surface area contributed by atoms with E-state index in [4.69, 9.17) is 5.14 Å². The first-order valence-electron chi connectivity index (χ1n) is 5.35. The van der Waals surface area contributed by atoms with E-state index in [0.29, 0.717) is 0 Å². The van der Waals surface area contributed by atoms with Gasteiger partial charge in [-0.2, -0.15) is 0 Å². The summed E-state index contributed by atoms with van der Waals surface area (Å²) in [5, 5.41) is 6.25. The van der Waals surface area contributed by atoms with Crippen molar-refractivity contribution < 1.29 is 4.21 Å². The van der Waals surface area contributed by atoms with Crippen LogP contribution >= 0.6 is 0 Å². The Labute approximate surface area is 103 Å². The molecule has 1 aromatic heterocycles. The third-order valence-corrected chi connectivity index (χ3v) is 3.47. The molecule has 0 bridgehead atoms. The number of benzene rings is 1. The average molecular weight is 246 g/mol. The third-order valence-electron chi connectivity index (χ3n) is 2.58. The highest BCUT2D eigenvalue weighted by atomic mass is 32.2. The first-order valence-corrected chi connectivity index (χ1v) is 6.63. The lowest BCUT2D eigenvalue weighted by Gasteiger charge is -2.02. The van der Waals surface area contributed by atoms with Crippen molar-refractivity contribution in [3.05, 3.63) is 48.2 Å². The zero-order chi connectivity index (χ0) is 12.3. The summed E-state index contributed by atoms with van der Waals surface area (Å²) in [7, 11) is -1.32. The van der Waals surface area contributed by atoms with E-state index >= 15 is 0 Å². The van der Waals surface area contributed by atoms with Crippen LogP contribution in [0.25, 0.3) is 17.0 Å². The summed E-state index contributed by atoms with van der Waals surface area (Å²) in [6, 6.07) is 9.91. The number of hydrogen-bond donors (Lipinski definition) is 1. The van der Waals surface area contributed by atoms with Gasteiger partial charge in [0.15, 0.2) is 0 Å². The van der Waals surface area contributed by atoms with Gasteiger partial charge in [-0.3, -0.25) is 10.1 Å². The largest absolute Gasteiger partial charge is 0.256 e. The first kappa shape index (κ1) is 12.0. The number of rotatable bonds is 3. The van der Waals surface area contributed by atoms with Gasteiger partial charge in [-0.1, -0.05) is 36.4 Å². The van der Waals surface area contributed by atoms with E-state index in [0.717, 1.165) is 16.5 Å². The van der Waals surface area contributed by atoms with Crippen LogP contribution in [0.15, 0.2) is 42.6 Å². The van der Waals surface area contributed by atoms with Crippen LogP contribution in [0.4, 0.5) is 0 Å². The molecular weight excluding hydrogens is 232 g/mol. The van der Waals surface area contributed by atoms with E-state index < -0.39 is 11.0 Å². The Bertz CT molecular complexity index is 575. The van der Waals surface area contributed by atoms with Gasteiger partial charge in [-0.05, 0) is 13.0 Å². The molecular formula is C13H14N2OS. The highest BCUT2D eigenvalue weighted by Gasteiger charge is 2.02. The van der Waals surface area contributed by atoms with Crippen LogP contribution < -0.4 is 5.14 Å². The molecule has 2 atom stereocenters. The molecule has 2 N–H and O–H groups in total. The van der Waals surface area contributed by atoms with Crippen LogP contribution in [0.3, 0.4) is 0 Å². The second-order valence-corrected chi connectivity index (χ2v) is 5.22. The van der Waals surface area contributed by atoms with Crippen molar-refractivity contribution in [3.63, 3.8) is 0 Å². The van der Waals surface area contributed by atoms with Gasteiger partial charge in [0.2, 0.25) is 0 Å². The Hall–Kier alpha value is -1.52. The summed E-state index contributed by atoms with van der Waals surface area (Å²) in [5.41, 5.74) is 1.96. The molecule has 0 spiro atoms. The monoisotopic (exact) mass is 246 g/mol. The van der Waals surface area contributed by atoms with Crippen molar-refractivity contribution in [3.8, 4) is 0 Å². The van der Waals surface area contributed by atoms with Crippen LogP contribution in [-0.2, 0) is 11.0 Å². The maximum Gasteiger partial charge on any atom is 0.0955 e. The van der Waals surface area contributed by atoms with Gasteiger partial charge in [0, 0.05) is 17.1 Å². The van der Waals surface area contributed by atoms with Crippen LogP contribution in [0.1, 0.15) is 12.5 Å². The fourth-order valence-electron chi connectivity index (χ4n) is 1.58. The van der Waals surface area contributed by atoms with Crippen LogP contribution in [0, 0.1) is 0 Å². The molecule has 0 saturated heterocycles. The minimum atomic E-state index is -1.32. The molecule has 0 aliphatic heterocycles. The van der Waals surface area contributed by atoms with Gasteiger partial charge >= 0.3 is 0 Å². The molecule has 2 unspecified atom stereocenters. The molecule has 0 fully saturated rings. The Balaban J connectivity index is 2.39. The number of para-hydroxylation sites is 1. The molecule has 0 aliphatic rings. The summed E-state index contributed by atoms with van der Waals surface area (Å²) in [5.74, 6) is 0. The Morgan fingerprint density at radius 3 is 2.88 bits per heavy atom. The molecule has 3 nitrogen and oxygen atoms in total. The third kappa shape index (κ3) is 2.78. The highest BCUT2D eigenvalue weighted by Crippen LogP contribution is 2.17. The van der Waals surface area contributed by atoms with Gasteiger partial charge in [-0.15, -0.1) is 0 Å². The van der Waals surface area contributed by atoms with Gasteiger partial charge in [0.1, 0.15) is 0 Å². The van der Waals surface area contributed by atoms with E-state index in [1.54, 1.807) is 6.20 Å². The number of nitrogens with zero attached hydrogens (tertiary/aromatic N) is 1. The Morgan fingerprint density at radius 1 is 1.35 bits per heavy atom. The molecule has 0 aliphatic carbocycles. The SMILES string of the molecule is CC(/C=C/c1cccc2cccnc12)S(N)=O. The predicted octanol–water partition coefficient (Wildman–Crippen LogP) is 2.26. The van der Waals surface area contributed by atoms with Gasteiger partial charge < -0.3 is 0 Å². The van der Waals surface area contributed by atoms with Crippen molar-refractivity contribution in [2.75, 3.05) is 0 Å². The molecule has 4 heteroatoms. The van der Waals surface area contributed by atoms with Crippen LogP contribution in [0.5, 0.6) is 0 Å². The van der Waals surface area contributed by atoms with E-state index in [-0.39, 0.29) is 5.25 Å². The lowest BCUT2D eigenvalue weighted by Crippen LogP contribution is -2.15. The van der Waals surface area contributed by atoms with Gasteiger partial charge in [-0.25, -0.2) is 4.21 Å². The molecule has 2 aromatic rings. The maximum atomic E-state index is 11.1. The van der Waals surface area contributed by atoms with Crippen molar-refractivity contribution in [1.29, 1.82) is 0 Å². The second kappa shape index (κ2) is 5.21. The fraction of sp³-hybridized carbons (Fsp3) is 0.154. The topological polar surface area (TPSA) is 56.0 Å². The molecule has 88 valence electrons. The van der Waals surface area contributed by atoms with Crippen molar-refractivity contribution >= 4 is 28.0 Å². The number of nitrogens with two attached hydrogens (primary N) is 1. The summed E-state index contributed by atoms with van der Waals surface area (Å²) in [6.07, 6.45) is 5.54. The molecule has 2 rings (SSSR count). The minimum Gasteiger partial charge on any atom is -0.256 e. The Kier molecular flexibility index (Phi) is 3.66. The van der Waals surface area contributed by atoms with Crippen LogP contribution in [0.2, 0.25) is 0 Å². The second-order valence-electron chi connectivity index (χ2n) is 3.82. The number of hydrogen-bond acceptors (Lipinski definition) is 2. The summed E-state index contributed by atoms with van der Waals surface area (Å²) in [6.45, 7) is 1.82. The molecule has 1 aromatic carbocycles. The summed E-state index contributed by atoms with van der Waals surface area (Å²) >= 11 is 0. The quantitative estimate of drug-likeness (QED) is 0.903. The summed E-state index contributed by atoms with van der Waals surface area (Å²) in [4.78, 5) is 4.35. The normalized spacial score (nSPS) is 15.2. The van der Waals surface area contributed by atoms with Gasteiger partial charge in [0.05, 0.1) is 21.8 Å². The van der Waals surface area contributed by atoms with Crippen molar-refractivity contribution in [2.24, 2.45) is 5.14 Å². The van der Waals surface area contributed by atoms with Crippen molar-refractivity contribution in [1.82, 2.24) is 4.98 Å². The van der Waals surface area contributed by atoms with Crippen LogP contribution in [-0.4, -0.2) is 14.4 Å². The lowest BCUT2D eigenvalue weighted by atomic mass is 10.1. The minimum absolute atomic E-state index is 0.158. The van der Waals surface area contributed by atoms with Gasteiger partial charge in [0.25, 0.3) is 0 Å². The average Bonchev–Trinajstić information content (AvgIpc) is 2.35. The number of aromatic nitrogens is 1. The standard InChI is InChI=1S/C13H14N2OS/c1-10(17(14)16)7-8-12-5-2-4-11-6-3-9-15-13(11)12/h2-10H,14H2,1H3/b8-7+. The molecule has 17 heavy (non-hydrogen) atoms. The van der Waals surface area contributed by atoms with E-state index in [9.17, 15) is 4.21 Å². The Morgan fingerprint density at radius 2 is 2.12 bits per heavy atom. The maximum absolute atomic E-state index is 11.1. The molecule has 1 heterocycles. The molecule has 0 amide bonds. The van der Waals surface area contributed by atoms with E-state index in [2.05, 4.69) is 4.98 Å². The number of pyridine rings is 1. The zero-order valence-electron chi connectivity index (χ0n) is 9.54. The van der Waals surface area contributed by atoms with Crippen molar-refractivity contribution in [2.45, 2.75) is 12.2 Å². The molecule has 0 saturated carbocycles. The smallest absolute Gasteiger partial charge is 0.0955 e. The highest BCUT2D eigenvalue weighted by molar-refractivity contribution is 7.83. The zero-order valence-corrected chi connectivity index (χ0v) is 10.4. The van der Waals surface area contributed by atoms with E-state index in [1.807, 2.05) is 49.4 Å². The lowest BCUT2D eigenvalue weighted by molar-refractivity contribution is 0.681. The summed E-state index contributed by atoms with van der Waals surface area (Å²) < 4.78 is 11.1. The first-order chi connectivity index (χ1) is 8.18. The number of fused-ring (bicyclic) bond motifs is 1. The predicted molar refractivity (Wildman–Crippen MR) is 72.6 cm³/mol.